The number of hydrogen-bond acceptors (Lipinski definition) is 2. The standard InChI is InChI=1S/C18H19N3O2/c1-12-7-6-8-13(2)16(12)19-18(23)17-14-9-4-5-10-21(14)11-15(22)20(17)3/h4-10,17H,11H2,1-3H3/p+1/t17-/m0/s1. The molecule has 0 aliphatic carbocycles. The topological polar surface area (TPSA) is 53.3 Å². The van der Waals surface area contributed by atoms with E-state index in [1.807, 2.05) is 61.0 Å². The number of carbonyl (C=O) groups excluding carboxylic acids is 2. The first-order valence-electron chi connectivity index (χ1n) is 7.60. The number of benzene rings is 1. The summed E-state index contributed by atoms with van der Waals surface area (Å²) >= 11 is 0. The molecule has 2 aromatic rings. The van der Waals surface area contributed by atoms with Crippen LogP contribution in [0.3, 0.4) is 0 Å². The molecular formula is C18H20N3O2+. The van der Waals surface area contributed by atoms with E-state index in [1.165, 1.54) is 4.90 Å². The van der Waals surface area contributed by atoms with Crippen LogP contribution in [0, 0.1) is 13.8 Å². The van der Waals surface area contributed by atoms with Crippen LogP contribution in [0.15, 0.2) is 42.6 Å². The molecule has 0 radical (unpaired) electrons. The minimum atomic E-state index is -0.628. The molecule has 0 saturated carbocycles. The maximum Gasteiger partial charge on any atom is 0.289 e. The number of likely N-dealkylation sites (N-methyl/N-ethyl adjacent to an activating group) is 1. The van der Waals surface area contributed by atoms with Gasteiger partial charge in [0.2, 0.25) is 12.2 Å². The van der Waals surface area contributed by atoms with Gasteiger partial charge in [-0.15, -0.1) is 0 Å². The molecule has 1 aliphatic rings. The lowest BCUT2D eigenvalue weighted by molar-refractivity contribution is -0.698. The van der Waals surface area contributed by atoms with Crippen LogP contribution in [-0.2, 0) is 16.1 Å². The van der Waals surface area contributed by atoms with E-state index >= 15 is 0 Å². The van der Waals surface area contributed by atoms with Gasteiger partial charge in [0.25, 0.3) is 11.8 Å². The summed E-state index contributed by atoms with van der Waals surface area (Å²) in [6, 6.07) is 10.9. The maximum atomic E-state index is 12.9. The Bertz CT molecular complexity index is 765. The molecule has 1 aliphatic heterocycles. The number of para-hydroxylation sites is 1. The van der Waals surface area contributed by atoms with Crippen molar-refractivity contribution in [2.24, 2.45) is 0 Å². The number of fused-ring (bicyclic) bond motifs is 1. The Balaban J connectivity index is 1.97. The molecule has 5 nitrogen and oxygen atoms in total. The van der Waals surface area contributed by atoms with Gasteiger partial charge in [-0.3, -0.25) is 9.59 Å². The number of nitrogens with zero attached hydrogens (tertiary/aromatic N) is 2. The summed E-state index contributed by atoms with van der Waals surface area (Å²) in [4.78, 5) is 26.6. The third-order valence-corrected chi connectivity index (χ3v) is 4.32. The summed E-state index contributed by atoms with van der Waals surface area (Å²) in [5.74, 6) is -0.270. The monoisotopic (exact) mass is 310 g/mol. The Kier molecular flexibility index (Phi) is 3.86. The van der Waals surface area contributed by atoms with Crippen molar-refractivity contribution in [1.29, 1.82) is 0 Å². The molecule has 0 unspecified atom stereocenters. The molecule has 1 atom stereocenters. The zero-order valence-electron chi connectivity index (χ0n) is 13.5. The molecule has 1 aromatic carbocycles. The normalized spacial score (nSPS) is 16.9. The fourth-order valence-electron chi connectivity index (χ4n) is 2.99. The molecule has 0 fully saturated rings. The first kappa shape index (κ1) is 15.2. The van der Waals surface area contributed by atoms with E-state index in [4.69, 9.17) is 0 Å². The van der Waals surface area contributed by atoms with Gasteiger partial charge in [-0.25, -0.2) is 0 Å². The first-order chi connectivity index (χ1) is 11.0. The third kappa shape index (κ3) is 2.70. The highest BCUT2D eigenvalue weighted by molar-refractivity contribution is 5.98. The second kappa shape index (κ2) is 5.83. The van der Waals surface area contributed by atoms with Crippen LogP contribution in [0.4, 0.5) is 5.69 Å². The molecule has 23 heavy (non-hydrogen) atoms. The lowest BCUT2D eigenvalue weighted by Crippen LogP contribution is -2.57. The van der Waals surface area contributed by atoms with E-state index in [0.29, 0.717) is 0 Å². The number of aryl methyl sites for hydroxylation is 2. The van der Waals surface area contributed by atoms with Crippen LogP contribution in [-0.4, -0.2) is 23.8 Å². The lowest BCUT2D eigenvalue weighted by atomic mass is 10.1. The highest BCUT2D eigenvalue weighted by Crippen LogP contribution is 2.25. The van der Waals surface area contributed by atoms with E-state index in [9.17, 15) is 9.59 Å². The van der Waals surface area contributed by atoms with Gasteiger partial charge in [-0.1, -0.05) is 24.3 Å². The quantitative estimate of drug-likeness (QED) is 0.859. The van der Waals surface area contributed by atoms with E-state index in [-0.39, 0.29) is 18.4 Å². The summed E-state index contributed by atoms with van der Waals surface area (Å²) < 4.78 is 1.83. The summed E-state index contributed by atoms with van der Waals surface area (Å²) in [6.45, 7) is 4.18. The van der Waals surface area contributed by atoms with Gasteiger partial charge >= 0.3 is 0 Å². The van der Waals surface area contributed by atoms with Crippen molar-refractivity contribution in [2.45, 2.75) is 26.4 Å². The Labute approximate surface area is 135 Å². The molecule has 0 bridgehead atoms. The number of amides is 2. The average molecular weight is 310 g/mol. The van der Waals surface area contributed by atoms with Crippen molar-refractivity contribution in [2.75, 3.05) is 12.4 Å². The van der Waals surface area contributed by atoms with Crippen LogP contribution in [0.5, 0.6) is 0 Å². The predicted octanol–water partition coefficient (Wildman–Crippen LogP) is 1.74. The lowest BCUT2D eigenvalue weighted by Gasteiger charge is -2.29. The average Bonchev–Trinajstić information content (AvgIpc) is 2.52. The molecule has 2 heterocycles. The van der Waals surface area contributed by atoms with Crippen LogP contribution < -0.4 is 9.88 Å². The zero-order valence-corrected chi connectivity index (χ0v) is 13.5. The van der Waals surface area contributed by atoms with Gasteiger partial charge in [0, 0.05) is 24.9 Å². The summed E-state index contributed by atoms with van der Waals surface area (Å²) in [7, 11) is 1.67. The van der Waals surface area contributed by atoms with Gasteiger partial charge in [-0.2, -0.15) is 4.57 Å². The van der Waals surface area contributed by atoms with Crippen LogP contribution in [0.2, 0.25) is 0 Å². The summed E-state index contributed by atoms with van der Waals surface area (Å²) in [6.07, 6.45) is 1.83. The van der Waals surface area contributed by atoms with Crippen LogP contribution in [0.25, 0.3) is 0 Å². The highest BCUT2D eigenvalue weighted by atomic mass is 16.2. The van der Waals surface area contributed by atoms with E-state index in [1.54, 1.807) is 7.05 Å². The number of hydrogen-bond donors (Lipinski definition) is 1. The minimum absolute atomic E-state index is 0.0737. The number of rotatable bonds is 2. The van der Waals surface area contributed by atoms with E-state index in [0.717, 1.165) is 22.5 Å². The second-order valence-corrected chi connectivity index (χ2v) is 5.92. The van der Waals surface area contributed by atoms with E-state index in [2.05, 4.69) is 5.32 Å². The largest absolute Gasteiger partial charge is 0.323 e. The van der Waals surface area contributed by atoms with Crippen molar-refractivity contribution in [3.8, 4) is 0 Å². The SMILES string of the molecule is Cc1cccc(C)c1NC(=O)[C@@H]1c2cccc[n+]2CC(=O)N1C. The summed E-state index contributed by atoms with van der Waals surface area (Å²) in [5, 5.41) is 2.99. The smallest absolute Gasteiger partial charge is 0.289 e. The molecule has 118 valence electrons. The number of pyridine rings is 1. The number of anilines is 1. The molecule has 0 spiro atoms. The molecule has 1 N–H and O–H groups in total. The van der Waals surface area contributed by atoms with Gasteiger partial charge in [0.05, 0.1) is 0 Å². The summed E-state index contributed by atoms with van der Waals surface area (Å²) in [5.41, 5.74) is 3.64. The van der Waals surface area contributed by atoms with E-state index < -0.39 is 6.04 Å². The molecule has 1 aromatic heterocycles. The maximum absolute atomic E-state index is 12.9. The van der Waals surface area contributed by atoms with Crippen molar-refractivity contribution >= 4 is 17.5 Å². The van der Waals surface area contributed by atoms with Crippen molar-refractivity contribution in [1.82, 2.24) is 4.90 Å². The molecule has 5 heteroatoms. The van der Waals surface area contributed by atoms with Gasteiger partial charge in [0.1, 0.15) is 0 Å². The van der Waals surface area contributed by atoms with Gasteiger partial charge in [-0.05, 0) is 25.0 Å². The van der Waals surface area contributed by atoms with Crippen molar-refractivity contribution in [3.63, 3.8) is 0 Å². The van der Waals surface area contributed by atoms with Crippen LogP contribution >= 0.6 is 0 Å². The number of nitrogens with one attached hydrogen (secondary N) is 1. The first-order valence-corrected chi connectivity index (χ1v) is 7.60. The molecule has 0 saturated heterocycles. The Hall–Kier alpha value is -2.69. The fraction of sp³-hybridized carbons (Fsp3) is 0.278. The van der Waals surface area contributed by atoms with Crippen molar-refractivity contribution in [3.05, 3.63) is 59.4 Å². The zero-order chi connectivity index (χ0) is 16.6. The van der Waals surface area contributed by atoms with Crippen molar-refractivity contribution < 1.29 is 14.2 Å². The Morgan fingerprint density at radius 3 is 2.57 bits per heavy atom. The molecule has 3 rings (SSSR count). The van der Waals surface area contributed by atoms with Gasteiger partial charge < -0.3 is 10.2 Å². The highest BCUT2D eigenvalue weighted by Gasteiger charge is 2.40. The van der Waals surface area contributed by atoms with Crippen LogP contribution in [0.1, 0.15) is 22.9 Å². The Morgan fingerprint density at radius 2 is 1.87 bits per heavy atom. The second-order valence-electron chi connectivity index (χ2n) is 5.92. The predicted molar refractivity (Wildman–Crippen MR) is 86.7 cm³/mol. The number of carbonyl (C=O) groups is 2. The molecular weight excluding hydrogens is 290 g/mol. The third-order valence-electron chi connectivity index (χ3n) is 4.32. The Morgan fingerprint density at radius 1 is 1.17 bits per heavy atom. The fourth-order valence-corrected chi connectivity index (χ4v) is 2.99. The van der Waals surface area contributed by atoms with Gasteiger partial charge in [0.15, 0.2) is 12.2 Å². The molecule has 2 amide bonds. The minimum Gasteiger partial charge on any atom is -0.323 e. The number of aromatic nitrogens is 1.